The molecule has 1 amide bonds. The monoisotopic (exact) mass is 424 g/mol. The molecule has 1 aliphatic carbocycles. The normalized spacial score (nSPS) is 22.4. The molecule has 0 bridgehead atoms. The summed E-state index contributed by atoms with van der Waals surface area (Å²) in [4.78, 5) is 14.1. The van der Waals surface area contributed by atoms with Gasteiger partial charge in [-0.3, -0.25) is 5.32 Å². The van der Waals surface area contributed by atoms with E-state index in [9.17, 15) is 4.79 Å². The molecule has 2 aliphatic rings. The molecule has 0 aromatic heterocycles. The number of quaternary nitrogens is 1. The van der Waals surface area contributed by atoms with Crippen LogP contribution in [0.3, 0.4) is 0 Å². The Kier molecular flexibility index (Phi) is 10.6. The molecule has 2 unspecified atom stereocenters. The van der Waals surface area contributed by atoms with E-state index in [1.165, 1.54) is 58.0 Å². The van der Waals surface area contributed by atoms with E-state index in [1.54, 1.807) is 4.90 Å². The maximum atomic E-state index is 12.5. The lowest BCUT2D eigenvalue weighted by Crippen LogP contribution is -3.17. The summed E-state index contributed by atoms with van der Waals surface area (Å²) in [6, 6.07) is 8.04. The highest BCUT2D eigenvalue weighted by Crippen LogP contribution is 2.22. The van der Waals surface area contributed by atoms with Crippen LogP contribution in [-0.2, 0) is 4.74 Å². The summed E-state index contributed by atoms with van der Waals surface area (Å²) in [5.41, 5.74) is 0.753. The Morgan fingerprint density at radius 3 is 2.48 bits per heavy atom. The Bertz CT molecular complexity index is 590. The second-order valence-electron chi connectivity index (χ2n) is 8.26. The minimum atomic E-state index is -0.329. The summed E-state index contributed by atoms with van der Waals surface area (Å²) in [6.45, 7) is 5.38. The number of carbonyl (C=O) groups is 1. The number of hydrogen-bond acceptors (Lipinski definition) is 3. The lowest BCUT2D eigenvalue weighted by Gasteiger charge is -2.38. The van der Waals surface area contributed by atoms with Gasteiger partial charge >= 0.3 is 6.09 Å². The average Bonchev–Trinajstić information content (AvgIpc) is 2.73. The number of unbranched alkanes of at least 4 members (excludes halogenated alkanes) is 2. The van der Waals surface area contributed by atoms with Crippen LogP contribution in [0.5, 0.6) is 5.75 Å². The van der Waals surface area contributed by atoms with Gasteiger partial charge in [-0.2, -0.15) is 0 Å². The minimum absolute atomic E-state index is 0. The van der Waals surface area contributed by atoms with Gasteiger partial charge in [0.2, 0.25) is 0 Å². The first-order chi connectivity index (χ1) is 13.8. The van der Waals surface area contributed by atoms with Gasteiger partial charge in [0.05, 0.1) is 19.7 Å². The van der Waals surface area contributed by atoms with Gasteiger partial charge in [-0.1, -0.05) is 19.8 Å². The standard InChI is InChI=1S/C23H36N2O3.ClH/c1-2-3-9-18-27-20-14-12-19(13-15-20)24-23(26)28-22-11-6-5-10-21(22)25-16-7-4-8-17-25;/h12-15,21-22H,2-11,16-18H2,1H3,(H,24,26);1H. The smallest absolute Gasteiger partial charge is 0.412 e. The minimum Gasteiger partial charge on any atom is -1.00 e. The highest BCUT2D eigenvalue weighted by Gasteiger charge is 2.36. The number of rotatable bonds is 8. The number of anilines is 1. The van der Waals surface area contributed by atoms with E-state index in [1.807, 2.05) is 24.3 Å². The first kappa shape index (κ1) is 23.8. The van der Waals surface area contributed by atoms with Crippen LogP contribution in [0, 0.1) is 0 Å². The predicted octanol–water partition coefficient (Wildman–Crippen LogP) is 1.19. The predicted molar refractivity (Wildman–Crippen MR) is 112 cm³/mol. The summed E-state index contributed by atoms with van der Waals surface area (Å²) in [5.74, 6) is 0.844. The van der Waals surface area contributed by atoms with E-state index in [-0.39, 0.29) is 24.6 Å². The number of amides is 1. The number of piperidine rings is 1. The average molecular weight is 425 g/mol. The summed E-state index contributed by atoms with van der Waals surface area (Å²) in [6.07, 6.45) is 11.7. The van der Waals surface area contributed by atoms with Crippen molar-refractivity contribution in [1.82, 2.24) is 0 Å². The molecule has 164 valence electrons. The number of ether oxygens (including phenoxy) is 2. The van der Waals surface area contributed by atoms with E-state index in [0.29, 0.717) is 6.04 Å². The van der Waals surface area contributed by atoms with Crippen molar-refractivity contribution in [2.45, 2.75) is 83.3 Å². The van der Waals surface area contributed by atoms with Crippen LogP contribution in [0.4, 0.5) is 10.5 Å². The van der Waals surface area contributed by atoms with Crippen molar-refractivity contribution in [1.29, 1.82) is 0 Å². The first-order valence-electron chi connectivity index (χ1n) is 11.3. The van der Waals surface area contributed by atoms with Gasteiger partial charge in [0.1, 0.15) is 11.8 Å². The molecule has 0 spiro atoms. The zero-order valence-corrected chi connectivity index (χ0v) is 18.5. The maximum Gasteiger partial charge on any atom is 0.412 e. The van der Waals surface area contributed by atoms with Gasteiger partial charge in [0.15, 0.2) is 6.10 Å². The molecule has 2 N–H and O–H groups in total. The van der Waals surface area contributed by atoms with Crippen LogP contribution < -0.4 is 27.4 Å². The lowest BCUT2D eigenvalue weighted by atomic mass is 9.90. The molecule has 1 heterocycles. The number of benzene rings is 1. The first-order valence-corrected chi connectivity index (χ1v) is 11.3. The highest BCUT2D eigenvalue weighted by molar-refractivity contribution is 5.84. The van der Waals surface area contributed by atoms with E-state index in [4.69, 9.17) is 9.47 Å². The van der Waals surface area contributed by atoms with Crippen molar-refractivity contribution in [2.24, 2.45) is 0 Å². The fourth-order valence-corrected chi connectivity index (χ4v) is 4.54. The molecule has 2 atom stereocenters. The quantitative estimate of drug-likeness (QED) is 0.616. The van der Waals surface area contributed by atoms with Crippen LogP contribution in [0.1, 0.15) is 71.1 Å². The summed E-state index contributed by atoms with van der Waals surface area (Å²) in [7, 11) is 0. The van der Waals surface area contributed by atoms with Crippen LogP contribution in [0.2, 0.25) is 0 Å². The molecule has 3 rings (SSSR count). The van der Waals surface area contributed by atoms with Crippen molar-refractivity contribution < 1.29 is 31.6 Å². The van der Waals surface area contributed by atoms with Crippen LogP contribution in [0.25, 0.3) is 0 Å². The zero-order chi connectivity index (χ0) is 19.6. The molecule has 6 heteroatoms. The van der Waals surface area contributed by atoms with Gasteiger partial charge < -0.3 is 26.8 Å². The Hall–Kier alpha value is -1.46. The Morgan fingerprint density at radius 1 is 1.03 bits per heavy atom. The molecule has 0 radical (unpaired) electrons. The summed E-state index contributed by atoms with van der Waals surface area (Å²) < 4.78 is 11.6. The van der Waals surface area contributed by atoms with Crippen molar-refractivity contribution in [3.8, 4) is 5.75 Å². The van der Waals surface area contributed by atoms with Gasteiger partial charge in [-0.05, 0) is 69.2 Å². The van der Waals surface area contributed by atoms with Crippen molar-refractivity contribution in [3.63, 3.8) is 0 Å². The highest BCUT2D eigenvalue weighted by atomic mass is 35.5. The number of halogens is 1. The Labute approximate surface area is 181 Å². The SMILES string of the molecule is CCCCCOc1ccc(NC(=O)OC2CCCCC2[NH+]2CCCCC2)cc1.[Cl-]. The fourth-order valence-electron chi connectivity index (χ4n) is 4.54. The molecular formula is C23H37ClN2O3. The summed E-state index contributed by atoms with van der Waals surface area (Å²) in [5, 5.41) is 2.89. The maximum absolute atomic E-state index is 12.5. The third kappa shape index (κ3) is 7.71. The van der Waals surface area contributed by atoms with Gasteiger partial charge in [0, 0.05) is 12.1 Å². The topological polar surface area (TPSA) is 52.0 Å². The Balaban J connectivity index is 0.00000300. The van der Waals surface area contributed by atoms with E-state index in [2.05, 4.69) is 12.2 Å². The number of carbonyl (C=O) groups excluding carboxylic acids is 1. The molecule has 1 aromatic rings. The number of hydrogen-bond donors (Lipinski definition) is 2. The molecule has 1 saturated heterocycles. The third-order valence-corrected chi connectivity index (χ3v) is 6.10. The largest absolute Gasteiger partial charge is 1.00 e. The lowest BCUT2D eigenvalue weighted by molar-refractivity contribution is -0.934. The van der Waals surface area contributed by atoms with Crippen LogP contribution in [0.15, 0.2) is 24.3 Å². The summed E-state index contributed by atoms with van der Waals surface area (Å²) >= 11 is 0. The van der Waals surface area contributed by atoms with Gasteiger partial charge in [0.25, 0.3) is 0 Å². The fraction of sp³-hybridized carbons (Fsp3) is 0.696. The number of nitrogens with one attached hydrogen (secondary N) is 2. The van der Waals surface area contributed by atoms with Crippen molar-refractivity contribution in [3.05, 3.63) is 24.3 Å². The third-order valence-electron chi connectivity index (χ3n) is 6.10. The molecule has 2 fully saturated rings. The van der Waals surface area contributed by atoms with Crippen molar-refractivity contribution >= 4 is 11.8 Å². The van der Waals surface area contributed by atoms with E-state index >= 15 is 0 Å². The van der Waals surface area contributed by atoms with Crippen molar-refractivity contribution in [2.75, 3.05) is 25.0 Å². The van der Waals surface area contributed by atoms with E-state index in [0.717, 1.165) is 37.3 Å². The number of likely N-dealkylation sites (tertiary alicyclic amines) is 1. The second kappa shape index (κ2) is 13.0. The molecule has 5 nitrogen and oxygen atoms in total. The second-order valence-corrected chi connectivity index (χ2v) is 8.26. The molecule has 29 heavy (non-hydrogen) atoms. The molecular weight excluding hydrogens is 388 g/mol. The zero-order valence-electron chi connectivity index (χ0n) is 17.8. The molecule has 1 saturated carbocycles. The molecule has 1 aromatic carbocycles. The van der Waals surface area contributed by atoms with Crippen LogP contribution in [-0.4, -0.2) is 37.9 Å². The van der Waals surface area contributed by atoms with Crippen LogP contribution >= 0.6 is 0 Å². The van der Waals surface area contributed by atoms with Gasteiger partial charge in [-0.25, -0.2) is 4.79 Å². The van der Waals surface area contributed by atoms with E-state index < -0.39 is 0 Å². The van der Waals surface area contributed by atoms with Gasteiger partial charge in [-0.15, -0.1) is 0 Å². The Morgan fingerprint density at radius 2 is 1.76 bits per heavy atom. The molecule has 1 aliphatic heterocycles.